The molecule has 0 aliphatic carbocycles. The molecule has 4 heterocycles. The normalized spacial score (nSPS) is 12.0. The van der Waals surface area contributed by atoms with E-state index in [1.54, 1.807) is 11.3 Å². The first-order valence-corrected chi connectivity index (χ1v) is 14.0. The summed E-state index contributed by atoms with van der Waals surface area (Å²) in [7, 11) is 0. The Hall–Kier alpha value is -5.13. The summed E-state index contributed by atoms with van der Waals surface area (Å²) in [4.78, 5) is 4.60. The van der Waals surface area contributed by atoms with Gasteiger partial charge in [-0.15, -0.1) is 11.3 Å². The van der Waals surface area contributed by atoms with E-state index in [1.807, 2.05) is 24.4 Å². The average Bonchev–Trinajstić information content (AvgIpc) is 3.67. The van der Waals surface area contributed by atoms with Crippen molar-refractivity contribution in [3.63, 3.8) is 0 Å². The van der Waals surface area contributed by atoms with E-state index in [0.717, 1.165) is 66.4 Å². The maximum atomic E-state index is 6.81. The van der Waals surface area contributed by atoms with Crippen LogP contribution in [0.2, 0.25) is 0 Å². The lowest BCUT2D eigenvalue weighted by atomic mass is 10.1. The molecule has 0 N–H and O–H groups in total. The van der Waals surface area contributed by atoms with Gasteiger partial charge in [-0.3, -0.25) is 4.98 Å². The van der Waals surface area contributed by atoms with Crippen molar-refractivity contribution in [1.29, 1.82) is 0 Å². The zero-order valence-corrected chi connectivity index (χ0v) is 22.0. The Kier molecular flexibility index (Phi) is 4.45. The summed E-state index contributed by atoms with van der Waals surface area (Å²) < 4.78 is 17.7. The third kappa shape index (κ3) is 3.04. The number of ether oxygens (including phenoxy) is 1. The predicted molar refractivity (Wildman–Crippen MR) is 165 cm³/mol. The monoisotopic (exact) mass is 532 g/mol. The Morgan fingerprint density at radius 3 is 2.33 bits per heavy atom. The quantitative estimate of drug-likeness (QED) is 0.227. The highest BCUT2D eigenvalue weighted by atomic mass is 32.1. The first kappa shape index (κ1) is 21.8. The highest BCUT2D eigenvalue weighted by molar-refractivity contribution is 7.25. The Bertz CT molecular complexity index is 2430. The van der Waals surface area contributed by atoms with Gasteiger partial charge in [0.05, 0.1) is 16.4 Å². The van der Waals surface area contributed by atoms with Gasteiger partial charge >= 0.3 is 0 Å². The van der Waals surface area contributed by atoms with Crippen LogP contribution in [-0.4, -0.2) is 9.55 Å². The molecule has 0 aliphatic heterocycles. The number of hydrogen-bond acceptors (Lipinski definition) is 4. The molecule has 0 aliphatic rings. The van der Waals surface area contributed by atoms with Crippen LogP contribution < -0.4 is 4.74 Å². The zero-order valence-electron chi connectivity index (χ0n) is 21.2. The summed E-state index contributed by atoms with van der Waals surface area (Å²) in [5, 5.41) is 5.62. The molecule has 0 saturated carbocycles. The van der Waals surface area contributed by atoms with Crippen LogP contribution in [0.15, 0.2) is 126 Å². The Labute approximate surface area is 232 Å². The van der Waals surface area contributed by atoms with Gasteiger partial charge in [-0.25, -0.2) is 0 Å². The van der Waals surface area contributed by atoms with Crippen molar-refractivity contribution in [2.24, 2.45) is 0 Å². The third-order valence-electron chi connectivity index (χ3n) is 7.71. The third-order valence-corrected chi connectivity index (χ3v) is 8.85. The van der Waals surface area contributed by atoms with Crippen molar-refractivity contribution in [3.8, 4) is 17.2 Å². The van der Waals surface area contributed by atoms with Crippen molar-refractivity contribution in [2.75, 3.05) is 0 Å². The standard InChI is InChI=1S/C35H20N2O2S/c1-3-10-25-22(8-1)33-26(37(25)21-17-18-27-24(20-21)35-30(38-27)14-7-19-36-35)11-5-12-28(33)39-29-13-6-16-32-34(29)23-9-2-4-15-31(23)40-32/h1-20H. The van der Waals surface area contributed by atoms with Gasteiger partial charge < -0.3 is 13.7 Å². The summed E-state index contributed by atoms with van der Waals surface area (Å²) in [5.74, 6) is 1.71. The molecule has 5 aromatic carbocycles. The van der Waals surface area contributed by atoms with Crippen LogP contribution in [0.1, 0.15) is 0 Å². The smallest absolute Gasteiger partial charge is 0.153 e. The number of pyridine rings is 1. The molecule has 0 bridgehead atoms. The van der Waals surface area contributed by atoms with E-state index in [0.29, 0.717) is 0 Å². The van der Waals surface area contributed by atoms with Crippen molar-refractivity contribution in [2.45, 2.75) is 0 Å². The average molecular weight is 533 g/mol. The lowest BCUT2D eigenvalue weighted by Gasteiger charge is -2.11. The lowest BCUT2D eigenvalue weighted by Crippen LogP contribution is -1.93. The van der Waals surface area contributed by atoms with Crippen molar-refractivity contribution in [3.05, 3.63) is 121 Å². The molecule has 188 valence electrons. The Morgan fingerprint density at radius 2 is 1.38 bits per heavy atom. The maximum Gasteiger partial charge on any atom is 0.153 e. The van der Waals surface area contributed by atoms with Gasteiger partial charge in [0.2, 0.25) is 0 Å². The molecule has 4 aromatic heterocycles. The second kappa shape index (κ2) is 8.18. The molecule has 0 amide bonds. The van der Waals surface area contributed by atoms with E-state index in [2.05, 4.69) is 107 Å². The van der Waals surface area contributed by atoms with E-state index < -0.39 is 0 Å². The fourth-order valence-electron chi connectivity index (χ4n) is 6.02. The van der Waals surface area contributed by atoms with Crippen molar-refractivity contribution >= 4 is 75.4 Å². The minimum Gasteiger partial charge on any atom is -0.456 e. The Morgan fingerprint density at radius 1 is 0.600 bits per heavy atom. The highest BCUT2D eigenvalue weighted by Gasteiger charge is 2.19. The summed E-state index contributed by atoms with van der Waals surface area (Å²) in [5.41, 5.74) is 5.75. The van der Waals surface area contributed by atoms with Crippen LogP contribution in [0, 0.1) is 0 Å². The van der Waals surface area contributed by atoms with E-state index in [9.17, 15) is 0 Å². The van der Waals surface area contributed by atoms with Crippen LogP contribution in [0.5, 0.6) is 11.5 Å². The predicted octanol–water partition coefficient (Wildman–Crippen LogP) is 10.2. The molecule has 40 heavy (non-hydrogen) atoms. The van der Waals surface area contributed by atoms with Crippen LogP contribution in [0.25, 0.3) is 69.7 Å². The summed E-state index contributed by atoms with van der Waals surface area (Å²) >= 11 is 1.80. The number of para-hydroxylation sites is 1. The molecule has 0 fully saturated rings. The summed E-state index contributed by atoms with van der Waals surface area (Å²) in [6.07, 6.45) is 1.81. The molecule has 0 saturated heterocycles. The minimum atomic E-state index is 0.794. The van der Waals surface area contributed by atoms with Gasteiger partial charge in [-0.2, -0.15) is 0 Å². The highest BCUT2D eigenvalue weighted by Crippen LogP contribution is 2.44. The summed E-state index contributed by atoms with van der Waals surface area (Å²) in [6, 6.07) is 39.9. The van der Waals surface area contributed by atoms with Gasteiger partial charge in [0, 0.05) is 42.8 Å². The number of furan rings is 1. The fourth-order valence-corrected chi connectivity index (χ4v) is 7.14. The molecule has 0 radical (unpaired) electrons. The van der Waals surface area contributed by atoms with E-state index >= 15 is 0 Å². The van der Waals surface area contributed by atoms with Gasteiger partial charge in [0.15, 0.2) is 5.58 Å². The molecule has 0 spiro atoms. The molecule has 0 unspecified atom stereocenters. The zero-order chi connectivity index (χ0) is 26.2. The largest absolute Gasteiger partial charge is 0.456 e. The van der Waals surface area contributed by atoms with Crippen molar-refractivity contribution < 1.29 is 9.15 Å². The van der Waals surface area contributed by atoms with Gasteiger partial charge in [-0.1, -0.05) is 48.5 Å². The number of hydrogen-bond donors (Lipinski definition) is 0. The van der Waals surface area contributed by atoms with Gasteiger partial charge in [0.1, 0.15) is 22.6 Å². The SMILES string of the molecule is c1cnc2c(c1)oc1ccc(-n3c4ccccc4c4c(Oc5cccc6sc7ccccc7c56)cccc43)cc12. The molecule has 0 atom stereocenters. The number of fused-ring (bicyclic) bond motifs is 9. The van der Waals surface area contributed by atoms with Crippen LogP contribution in [0.4, 0.5) is 0 Å². The maximum absolute atomic E-state index is 6.81. The number of thiophene rings is 1. The fraction of sp³-hybridized carbons (Fsp3) is 0. The molecule has 9 aromatic rings. The molecule has 5 heteroatoms. The van der Waals surface area contributed by atoms with Gasteiger partial charge in [-0.05, 0) is 66.7 Å². The number of rotatable bonds is 3. The molecule has 4 nitrogen and oxygen atoms in total. The van der Waals surface area contributed by atoms with Crippen molar-refractivity contribution in [1.82, 2.24) is 9.55 Å². The van der Waals surface area contributed by atoms with E-state index in [4.69, 9.17) is 9.15 Å². The molecular formula is C35H20N2O2S. The summed E-state index contributed by atoms with van der Waals surface area (Å²) in [6.45, 7) is 0. The lowest BCUT2D eigenvalue weighted by molar-refractivity contribution is 0.495. The minimum absolute atomic E-state index is 0.794. The van der Waals surface area contributed by atoms with E-state index in [-0.39, 0.29) is 0 Å². The first-order chi connectivity index (χ1) is 19.8. The first-order valence-electron chi connectivity index (χ1n) is 13.2. The molecule has 9 rings (SSSR count). The number of benzene rings is 5. The van der Waals surface area contributed by atoms with Crippen LogP contribution >= 0.6 is 11.3 Å². The number of aromatic nitrogens is 2. The molecular weight excluding hydrogens is 512 g/mol. The van der Waals surface area contributed by atoms with Gasteiger partial charge in [0.25, 0.3) is 0 Å². The second-order valence-electron chi connectivity index (χ2n) is 9.97. The van der Waals surface area contributed by atoms with Crippen LogP contribution in [-0.2, 0) is 0 Å². The Balaban J connectivity index is 1.29. The second-order valence-corrected chi connectivity index (χ2v) is 11.0. The van der Waals surface area contributed by atoms with Crippen LogP contribution in [0.3, 0.4) is 0 Å². The topological polar surface area (TPSA) is 40.2 Å². The number of nitrogens with zero attached hydrogens (tertiary/aromatic N) is 2. The van der Waals surface area contributed by atoms with E-state index in [1.165, 1.54) is 14.8 Å².